The second kappa shape index (κ2) is 4.00. The Morgan fingerprint density at radius 1 is 1.38 bits per heavy atom. The summed E-state index contributed by atoms with van der Waals surface area (Å²) in [4.78, 5) is 23.6. The van der Waals surface area contributed by atoms with Gasteiger partial charge < -0.3 is 0 Å². The highest BCUT2D eigenvalue weighted by molar-refractivity contribution is 5.98. The van der Waals surface area contributed by atoms with Crippen molar-refractivity contribution in [3.63, 3.8) is 0 Å². The molecule has 1 fully saturated rings. The topological polar surface area (TPSA) is 34.1 Å². The lowest BCUT2D eigenvalue weighted by molar-refractivity contribution is -0.129. The van der Waals surface area contributed by atoms with Crippen LogP contribution in [0.5, 0.6) is 0 Å². The van der Waals surface area contributed by atoms with Crippen molar-refractivity contribution < 1.29 is 9.59 Å². The van der Waals surface area contributed by atoms with Gasteiger partial charge in [0.2, 0.25) is 0 Å². The Labute approximate surface area is 96.4 Å². The van der Waals surface area contributed by atoms with Gasteiger partial charge in [0.25, 0.3) is 0 Å². The first kappa shape index (κ1) is 11.3. The van der Waals surface area contributed by atoms with Crippen molar-refractivity contribution in [3.8, 4) is 0 Å². The van der Waals surface area contributed by atoms with Crippen LogP contribution in [0.1, 0.15) is 45.4 Å². The lowest BCUT2D eigenvalue weighted by Gasteiger charge is -2.40. The number of Topliss-reactive ketones (excluding diaryl/α,β-unsaturated/α-hetero) is 1. The number of rotatable bonds is 2. The van der Waals surface area contributed by atoms with E-state index < -0.39 is 0 Å². The second-order valence-electron chi connectivity index (χ2n) is 5.13. The summed E-state index contributed by atoms with van der Waals surface area (Å²) in [6.07, 6.45) is 6.14. The average molecular weight is 218 g/mol. The SMILES string of the molecule is C=C(C)C[C@@]12CCC(=O)C=C1CCCC2=O. The van der Waals surface area contributed by atoms with Gasteiger partial charge in [-0.1, -0.05) is 11.1 Å². The molecule has 0 aromatic carbocycles. The summed E-state index contributed by atoms with van der Waals surface area (Å²) in [7, 11) is 0. The molecule has 0 aromatic rings. The molecule has 1 atom stereocenters. The first-order chi connectivity index (χ1) is 7.54. The smallest absolute Gasteiger partial charge is 0.155 e. The maximum absolute atomic E-state index is 12.2. The van der Waals surface area contributed by atoms with Gasteiger partial charge in [-0.15, -0.1) is 6.58 Å². The molecule has 86 valence electrons. The Hall–Kier alpha value is -1.18. The summed E-state index contributed by atoms with van der Waals surface area (Å²) < 4.78 is 0. The Bertz CT molecular complexity index is 390. The minimum atomic E-state index is -0.363. The number of hydrogen-bond donors (Lipinski definition) is 0. The molecule has 0 radical (unpaired) electrons. The van der Waals surface area contributed by atoms with Gasteiger partial charge in [0.15, 0.2) is 5.78 Å². The van der Waals surface area contributed by atoms with Gasteiger partial charge in [-0.2, -0.15) is 0 Å². The van der Waals surface area contributed by atoms with Crippen LogP contribution in [-0.2, 0) is 9.59 Å². The largest absolute Gasteiger partial charge is 0.299 e. The van der Waals surface area contributed by atoms with Gasteiger partial charge in [-0.05, 0) is 38.7 Å². The van der Waals surface area contributed by atoms with Crippen molar-refractivity contribution in [3.05, 3.63) is 23.8 Å². The third-order valence-corrected chi connectivity index (χ3v) is 3.74. The summed E-state index contributed by atoms with van der Waals surface area (Å²) in [5.41, 5.74) is 1.75. The number of carbonyl (C=O) groups is 2. The van der Waals surface area contributed by atoms with Crippen LogP contribution >= 0.6 is 0 Å². The normalized spacial score (nSPS) is 29.7. The molecule has 0 bridgehead atoms. The van der Waals surface area contributed by atoms with Crippen molar-refractivity contribution in [2.45, 2.75) is 45.4 Å². The van der Waals surface area contributed by atoms with Crippen LogP contribution < -0.4 is 0 Å². The molecule has 2 aliphatic rings. The summed E-state index contributed by atoms with van der Waals surface area (Å²) in [6, 6.07) is 0. The summed E-state index contributed by atoms with van der Waals surface area (Å²) in [5.74, 6) is 0.502. The lowest BCUT2D eigenvalue weighted by atomic mass is 9.61. The maximum atomic E-state index is 12.2. The van der Waals surface area contributed by atoms with E-state index in [1.165, 1.54) is 0 Å². The number of hydrogen-bond acceptors (Lipinski definition) is 2. The fourth-order valence-electron chi connectivity index (χ4n) is 3.03. The minimum absolute atomic E-state index is 0.182. The molecule has 2 nitrogen and oxygen atoms in total. The molecular formula is C14H18O2. The highest BCUT2D eigenvalue weighted by atomic mass is 16.1. The molecule has 2 rings (SSSR count). The number of allylic oxidation sites excluding steroid dienone is 3. The van der Waals surface area contributed by atoms with E-state index in [9.17, 15) is 9.59 Å². The van der Waals surface area contributed by atoms with E-state index in [2.05, 4.69) is 6.58 Å². The van der Waals surface area contributed by atoms with E-state index in [0.29, 0.717) is 25.0 Å². The van der Waals surface area contributed by atoms with Gasteiger partial charge in [-0.25, -0.2) is 0 Å². The van der Waals surface area contributed by atoms with Crippen molar-refractivity contribution in [2.24, 2.45) is 5.41 Å². The van der Waals surface area contributed by atoms with Gasteiger partial charge in [-0.3, -0.25) is 9.59 Å². The molecule has 2 heteroatoms. The van der Waals surface area contributed by atoms with E-state index in [-0.39, 0.29) is 11.2 Å². The molecule has 0 saturated heterocycles. The van der Waals surface area contributed by atoms with Gasteiger partial charge in [0, 0.05) is 12.8 Å². The van der Waals surface area contributed by atoms with E-state index >= 15 is 0 Å². The Kier molecular flexibility index (Phi) is 2.83. The van der Waals surface area contributed by atoms with Gasteiger partial charge >= 0.3 is 0 Å². The highest BCUT2D eigenvalue weighted by Gasteiger charge is 2.45. The van der Waals surface area contributed by atoms with E-state index in [4.69, 9.17) is 0 Å². The van der Waals surface area contributed by atoms with Crippen LogP contribution in [0.2, 0.25) is 0 Å². The predicted molar refractivity (Wildman–Crippen MR) is 63.0 cm³/mol. The van der Waals surface area contributed by atoms with Crippen LogP contribution in [0, 0.1) is 5.41 Å². The van der Waals surface area contributed by atoms with E-state index in [0.717, 1.165) is 30.4 Å². The quantitative estimate of drug-likeness (QED) is 0.668. The van der Waals surface area contributed by atoms with Crippen LogP contribution in [0.25, 0.3) is 0 Å². The zero-order chi connectivity index (χ0) is 11.8. The molecule has 2 aliphatic carbocycles. The van der Waals surface area contributed by atoms with Crippen molar-refractivity contribution in [1.82, 2.24) is 0 Å². The molecule has 0 aromatic heterocycles. The van der Waals surface area contributed by atoms with Crippen molar-refractivity contribution >= 4 is 11.6 Å². The Balaban J connectivity index is 2.41. The first-order valence-corrected chi connectivity index (χ1v) is 5.96. The molecule has 0 N–H and O–H groups in total. The second-order valence-corrected chi connectivity index (χ2v) is 5.13. The van der Waals surface area contributed by atoms with Crippen molar-refractivity contribution in [2.75, 3.05) is 0 Å². The fraction of sp³-hybridized carbons (Fsp3) is 0.571. The van der Waals surface area contributed by atoms with Crippen LogP contribution in [-0.4, -0.2) is 11.6 Å². The number of carbonyl (C=O) groups excluding carboxylic acids is 2. The summed E-state index contributed by atoms with van der Waals surface area (Å²) >= 11 is 0. The lowest BCUT2D eigenvalue weighted by Crippen LogP contribution is -2.39. The molecular weight excluding hydrogens is 200 g/mol. The first-order valence-electron chi connectivity index (χ1n) is 5.96. The third kappa shape index (κ3) is 1.77. The standard InChI is InChI=1S/C14H18O2/c1-10(2)9-14-7-6-12(15)8-11(14)4-3-5-13(14)16/h8H,1,3-7,9H2,2H3/t14-/m0/s1. The van der Waals surface area contributed by atoms with Gasteiger partial charge in [0.05, 0.1) is 5.41 Å². The van der Waals surface area contributed by atoms with Gasteiger partial charge in [0.1, 0.15) is 5.78 Å². The molecule has 0 unspecified atom stereocenters. The minimum Gasteiger partial charge on any atom is -0.299 e. The molecule has 0 heterocycles. The predicted octanol–water partition coefficient (Wildman–Crippen LogP) is 2.98. The molecule has 0 aliphatic heterocycles. The fourth-order valence-corrected chi connectivity index (χ4v) is 3.03. The summed E-state index contributed by atoms with van der Waals surface area (Å²) in [5, 5.41) is 0. The Morgan fingerprint density at radius 2 is 2.12 bits per heavy atom. The maximum Gasteiger partial charge on any atom is 0.155 e. The third-order valence-electron chi connectivity index (χ3n) is 3.74. The average Bonchev–Trinajstić information content (AvgIpc) is 2.20. The zero-order valence-electron chi connectivity index (χ0n) is 9.84. The van der Waals surface area contributed by atoms with Crippen molar-refractivity contribution in [1.29, 1.82) is 0 Å². The summed E-state index contributed by atoms with van der Waals surface area (Å²) in [6.45, 7) is 5.89. The highest BCUT2D eigenvalue weighted by Crippen LogP contribution is 2.48. The zero-order valence-corrected chi connectivity index (χ0v) is 9.84. The van der Waals surface area contributed by atoms with Crippen LogP contribution in [0.3, 0.4) is 0 Å². The monoisotopic (exact) mass is 218 g/mol. The Morgan fingerprint density at radius 3 is 2.81 bits per heavy atom. The molecule has 0 amide bonds. The number of fused-ring (bicyclic) bond motifs is 1. The molecule has 1 saturated carbocycles. The molecule has 16 heavy (non-hydrogen) atoms. The molecule has 0 spiro atoms. The number of ketones is 2. The van der Waals surface area contributed by atoms with Crippen LogP contribution in [0.4, 0.5) is 0 Å². The van der Waals surface area contributed by atoms with Crippen LogP contribution in [0.15, 0.2) is 23.8 Å². The van der Waals surface area contributed by atoms with E-state index in [1.807, 2.05) is 6.92 Å². The van der Waals surface area contributed by atoms with E-state index in [1.54, 1.807) is 6.08 Å².